The summed E-state index contributed by atoms with van der Waals surface area (Å²) in [6.07, 6.45) is 4.33. The Kier molecular flexibility index (Phi) is 3.60. The van der Waals surface area contributed by atoms with Crippen molar-refractivity contribution in [3.8, 4) is 0 Å². The van der Waals surface area contributed by atoms with E-state index in [0.29, 0.717) is 0 Å². The summed E-state index contributed by atoms with van der Waals surface area (Å²) in [7, 11) is 1.96. The number of benzene rings is 1. The highest BCUT2D eigenvalue weighted by molar-refractivity contribution is 5.19. The molecule has 2 aromatic rings. The van der Waals surface area contributed by atoms with Gasteiger partial charge in [0.2, 0.25) is 5.89 Å². The summed E-state index contributed by atoms with van der Waals surface area (Å²) in [6.45, 7) is 0. The predicted molar refractivity (Wildman–Crippen MR) is 72.7 cm³/mol. The Morgan fingerprint density at radius 1 is 1.32 bits per heavy atom. The van der Waals surface area contributed by atoms with Crippen molar-refractivity contribution in [3.63, 3.8) is 0 Å². The molecule has 0 radical (unpaired) electrons. The molecule has 0 bridgehead atoms. The zero-order chi connectivity index (χ0) is 13.1. The van der Waals surface area contributed by atoms with Crippen LogP contribution < -0.4 is 5.32 Å². The fourth-order valence-electron chi connectivity index (χ4n) is 2.28. The molecule has 1 unspecified atom stereocenters. The molecule has 0 spiro atoms. The van der Waals surface area contributed by atoms with Crippen LogP contribution in [-0.4, -0.2) is 17.2 Å². The Morgan fingerprint density at radius 2 is 2.11 bits per heavy atom. The number of aromatic nitrogens is 2. The number of hydrogen-bond donors (Lipinski definition) is 1. The Morgan fingerprint density at radius 3 is 2.79 bits per heavy atom. The zero-order valence-corrected chi connectivity index (χ0v) is 11.2. The maximum absolute atomic E-state index is 5.35. The van der Waals surface area contributed by atoms with E-state index >= 15 is 0 Å². The number of nitrogens with one attached hydrogen (secondary N) is 1. The molecule has 1 aliphatic rings. The van der Waals surface area contributed by atoms with Gasteiger partial charge in [-0.15, -0.1) is 0 Å². The lowest BCUT2D eigenvalue weighted by Gasteiger charge is -2.13. The van der Waals surface area contributed by atoms with Crippen molar-refractivity contribution in [3.05, 3.63) is 47.6 Å². The van der Waals surface area contributed by atoms with Crippen LogP contribution in [0.3, 0.4) is 0 Å². The van der Waals surface area contributed by atoms with Crippen LogP contribution in [0.5, 0.6) is 0 Å². The van der Waals surface area contributed by atoms with Crippen LogP contribution in [0.1, 0.15) is 36.2 Å². The fraction of sp³-hybridized carbons (Fsp3) is 0.467. The van der Waals surface area contributed by atoms with Crippen LogP contribution in [0, 0.1) is 5.92 Å². The lowest BCUT2D eigenvalue weighted by atomic mass is 10.0. The average Bonchev–Trinajstić information content (AvgIpc) is 3.15. The normalized spacial score (nSPS) is 16.5. The maximum atomic E-state index is 5.35. The van der Waals surface area contributed by atoms with E-state index in [-0.39, 0.29) is 6.04 Å². The van der Waals surface area contributed by atoms with Gasteiger partial charge < -0.3 is 9.84 Å². The second-order valence-electron chi connectivity index (χ2n) is 5.21. The lowest BCUT2D eigenvalue weighted by Crippen LogP contribution is -2.18. The predicted octanol–water partition coefficient (Wildman–Crippen LogP) is 2.53. The highest BCUT2D eigenvalue weighted by Gasteiger charge is 2.24. The van der Waals surface area contributed by atoms with Crippen LogP contribution >= 0.6 is 0 Å². The summed E-state index contributed by atoms with van der Waals surface area (Å²) in [4.78, 5) is 4.49. The van der Waals surface area contributed by atoms with Crippen LogP contribution in [0.15, 0.2) is 34.9 Å². The highest BCUT2D eigenvalue weighted by Crippen LogP contribution is 2.31. The monoisotopic (exact) mass is 257 g/mol. The van der Waals surface area contributed by atoms with Gasteiger partial charge in [-0.05, 0) is 31.4 Å². The molecule has 1 fully saturated rings. The third-order valence-electron chi connectivity index (χ3n) is 3.61. The molecule has 4 heteroatoms. The molecule has 0 amide bonds. The first kappa shape index (κ1) is 12.4. The summed E-state index contributed by atoms with van der Waals surface area (Å²) in [6, 6.07) is 10.6. The Balaban J connectivity index is 1.66. The van der Waals surface area contributed by atoms with E-state index < -0.39 is 0 Å². The largest absolute Gasteiger partial charge is 0.339 e. The number of likely N-dealkylation sites (N-methyl/N-ethyl adjacent to an activating group) is 1. The maximum Gasteiger partial charge on any atom is 0.228 e. The Bertz CT molecular complexity index is 519. The van der Waals surface area contributed by atoms with Gasteiger partial charge in [-0.1, -0.05) is 35.5 Å². The molecule has 3 rings (SSSR count). The van der Waals surface area contributed by atoms with Crippen LogP contribution in [-0.2, 0) is 12.8 Å². The molecule has 1 N–H and O–H groups in total. The third-order valence-corrected chi connectivity index (χ3v) is 3.61. The van der Waals surface area contributed by atoms with Crippen molar-refractivity contribution >= 4 is 0 Å². The van der Waals surface area contributed by atoms with E-state index in [1.165, 1.54) is 18.4 Å². The molecule has 1 saturated carbocycles. The SMILES string of the molecule is CNC(Cc1nc(CC2CC2)no1)c1ccccc1. The van der Waals surface area contributed by atoms with E-state index in [2.05, 4.69) is 27.6 Å². The third kappa shape index (κ3) is 3.20. The second-order valence-corrected chi connectivity index (χ2v) is 5.21. The van der Waals surface area contributed by atoms with Crippen LogP contribution in [0.25, 0.3) is 0 Å². The second kappa shape index (κ2) is 5.53. The topological polar surface area (TPSA) is 51.0 Å². The smallest absolute Gasteiger partial charge is 0.228 e. The molecule has 100 valence electrons. The van der Waals surface area contributed by atoms with Gasteiger partial charge >= 0.3 is 0 Å². The number of nitrogens with zero attached hydrogens (tertiary/aromatic N) is 2. The summed E-state index contributed by atoms with van der Waals surface area (Å²) in [5.41, 5.74) is 1.24. The first-order valence-corrected chi connectivity index (χ1v) is 6.89. The van der Waals surface area contributed by atoms with E-state index in [1.807, 2.05) is 25.2 Å². The van der Waals surface area contributed by atoms with Crippen LogP contribution in [0.4, 0.5) is 0 Å². The quantitative estimate of drug-likeness (QED) is 0.864. The molecule has 0 aliphatic heterocycles. The summed E-state index contributed by atoms with van der Waals surface area (Å²) in [5.74, 6) is 2.37. The van der Waals surface area contributed by atoms with Crippen molar-refractivity contribution in [1.29, 1.82) is 0 Å². The molecule has 4 nitrogen and oxygen atoms in total. The number of rotatable bonds is 6. The van der Waals surface area contributed by atoms with Crippen molar-refractivity contribution in [2.45, 2.75) is 31.7 Å². The van der Waals surface area contributed by atoms with Gasteiger partial charge in [0.1, 0.15) is 0 Å². The van der Waals surface area contributed by atoms with Gasteiger partial charge in [0.05, 0.1) is 0 Å². The van der Waals surface area contributed by atoms with Gasteiger partial charge in [-0.3, -0.25) is 0 Å². The van der Waals surface area contributed by atoms with Gasteiger partial charge in [0.25, 0.3) is 0 Å². The molecule has 1 heterocycles. The van der Waals surface area contributed by atoms with Crippen molar-refractivity contribution in [2.75, 3.05) is 7.05 Å². The summed E-state index contributed by atoms with van der Waals surface area (Å²) in [5, 5.41) is 7.36. The van der Waals surface area contributed by atoms with Gasteiger partial charge in [0, 0.05) is 18.9 Å². The summed E-state index contributed by atoms with van der Waals surface area (Å²) < 4.78 is 5.35. The average molecular weight is 257 g/mol. The molecule has 1 aromatic heterocycles. The highest BCUT2D eigenvalue weighted by atomic mass is 16.5. The van der Waals surface area contributed by atoms with Crippen molar-refractivity contribution in [1.82, 2.24) is 15.5 Å². The van der Waals surface area contributed by atoms with E-state index in [0.717, 1.165) is 30.5 Å². The van der Waals surface area contributed by atoms with Crippen molar-refractivity contribution < 1.29 is 4.52 Å². The van der Waals surface area contributed by atoms with E-state index in [1.54, 1.807) is 0 Å². The van der Waals surface area contributed by atoms with Crippen LogP contribution in [0.2, 0.25) is 0 Å². The standard InChI is InChI=1S/C15H19N3O/c1-16-13(12-5-3-2-4-6-12)10-15-17-14(18-19-15)9-11-7-8-11/h2-6,11,13,16H,7-10H2,1H3. The zero-order valence-electron chi connectivity index (χ0n) is 11.2. The first-order valence-electron chi connectivity index (χ1n) is 6.89. The molecular weight excluding hydrogens is 238 g/mol. The molecule has 1 aliphatic carbocycles. The van der Waals surface area contributed by atoms with E-state index in [4.69, 9.17) is 4.52 Å². The van der Waals surface area contributed by atoms with Gasteiger partial charge in [-0.2, -0.15) is 4.98 Å². The molecular formula is C15H19N3O. The van der Waals surface area contributed by atoms with Gasteiger partial charge in [0.15, 0.2) is 5.82 Å². The Hall–Kier alpha value is -1.68. The molecule has 1 atom stereocenters. The molecule has 0 saturated heterocycles. The minimum absolute atomic E-state index is 0.218. The molecule has 1 aromatic carbocycles. The summed E-state index contributed by atoms with van der Waals surface area (Å²) >= 11 is 0. The Labute approximate surface area is 113 Å². The first-order chi connectivity index (χ1) is 9.35. The lowest BCUT2D eigenvalue weighted by molar-refractivity contribution is 0.357. The van der Waals surface area contributed by atoms with E-state index in [9.17, 15) is 0 Å². The van der Waals surface area contributed by atoms with Gasteiger partial charge in [-0.25, -0.2) is 0 Å². The van der Waals surface area contributed by atoms with Crippen molar-refractivity contribution in [2.24, 2.45) is 5.92 Å². The minimum Gasteiger partial charge on any atom is -0.339 e. The minimum atomic E-state index is 0.218. The number of hydrogen-bond acceptors (Lipinski definition) is 4. The molecule has 19 heavy (non-hydrogen) atoms. The fourth-order valence-corrected chi connectivity index (χ4v) is 2.28.